The number of carbonyl (C=O) groups excluding carboxylic acids is 1. The number of fused-ring (bicyclic) bond motifs is 2. The van der Waals surface area contributed by atoms with Crippen molar-refractivity contribution < 1.29 is 18.0 Å². The number of amides is 1. The first-order valence-electron chi connectivity index (χ1n) is 10.9. The molecule has 1 atom stereocenters. The molecule has 2 aromatic carbocycles. The summed E-state index contributed by atoms with van der Waals surface area (Å²) in [6.07, 6.45) is -2.61. The van der Waals surface area contributed by atoms with Crippen molar-refractivity contribution in [3.8, 4) is 11.5 Å². The number of alkyl halides is 3. The van der Waals surface area contributed by atoms with Gasteiger partial charge in [-0.2, -0.15) is 13.2 Å². The highest BCUT2D eigenvalue weighted by Crippen LogP contribution is 2.33. The van der Waals surface area contributed by atoms with Crippen molar-refractivity contribution in [2.24, 2.45) is 12.8 Å². The van der Waals surface area contributed by atoms with Crippen LogP contribution in [-0.4, -0.2) is 50.2 Å². The maximum absolute atomic E-state index is 13.4. The number of piperidine rings is 1. The Hall–Kier alpha value is -3.33. The fraction of sp³-hybridized carbons (Fsp3) is 0.333. The standard InChI is InChI=1S/C24H24F3N5O/c1-30-20-9-8-16(23(33)31-10-4-6-17(28)13-31)11-18(20)29-22(30)21-12-15-5-2-3-7-19(15)32(21)14-24(25,26)27/h2-3,5,7-9,11-12,17H,4,6,10,13-14,28H2,1H3/t17-/m1/s1. The zero-order chi connectivity index (χ0) is 23.3. The quantitative estimate of drug-likeness (QED) is 0.500. The van der Waals surface area contributed by atoms with Gasteiger partial charge in [0.05, 0.1) is 16.7 Å². The summed E-state index contributed by atoms with van der Waals surface area (Å²) in [5.41, 5.74) is 8.68. The van der Waals surface area contributed by atoms with Crippen LogP contribution in [0.1, 0.15) is 23.2 Å². The van der Waals surface area contributed by atoms with Crippen LogP contribution in [0.15, 0.2) is 48.5 Å². The van der Waals surface area contributed by atoms with Crippen molar-refractivity contribution in [2.75, 3.05) is 13.1 Å². The molecule has 4 aromatic rings. The lowest BCUT2D eigenvalue weighted by molar-refractivity contribution is -0.139. The van der Waals surface area contributed by atoms with Gasteiger partial charge in [-0.3, -0.25) is 4.79 Å². The van der Waals surface area contributed by atoms with Gasteiger partial charge in [0.15, 0.2) is 5.82 Å². The average molecular weight is 455 g/mol. The van der Waals surface area contributed by atoms with E-state index in [2.05, 4.69) is 4.98 Å². The summed E-state index contributed by atoms with van der Waals surface area (Å²) in [6, 6.07) is 13.9. The third kappa shape index (κ3) is 3.97. The molecule has 1 amide bonds. The molecule has 33 heavy (non-hydrogen) atoms. The van der Waals surface area contributed by atoms with Crippen LogP contribution in [0, 0.1) is 0 Å². The molecule has 0 spiro atoms. The Kier molecular flexibility index (Phi) is 5.16. The molecule has 0 bridgehead atoms. The minimum absolute atomic E-state index is 0.0246. The van der Waals surface area contributed by atoms with Gasteiger partial charge >= 0.3 is 6.18 Å². The van der Waals surface area contributed by atoms with Crippen LogP contribution in [0.4, 0.5) is 13.2 Å². The molecule has 9 heteroatoms. The van der Waals surface area contributed by atoms with Gasteiger partial charge in [-0.1, -0.05) is 18.2 Å². The molecule has 1 fully saturated rings. The van der Waals surface area contributed by atoms with Crippen LogP contribution >= 0.6 is 0 Å². The Balaban J connectivity index is 1.59. The van der Waals surface area contributed by atoms with Crippen LogP contribution < -0.4 is 5.73 Å². The summed E-state index contributed by atoms with van der Waals surface area (Å²) < 4.78 is 43.2. The lowest BCUT2D eigenvalue weighted by Gasteiger charge is -2.30. The van der Waals surface area contributed by atoms with Crippen molar-refractivity contribution in [1.82, 2.24) is 19.0 Å². The summed E-state index contributed by atoms with van der Waals surface area (Å²) >= 11 is 0. The number of rotatable bonds is 3. The molecule has 2 N–H and O–H groups in total. The van der Waals surface area contributed by atoms with Gasteiger partial charge < -0.3 is 19.8 Å². The summed E-state index contributed by atoms with van der Waals surface area (Å²) in [5, 5.41) is 0.709. The second kappa shape index (κ2) is 7.91. The first-order chi connectivity index (χ1) is 15.7. The second-order valence-electron chi connectivity index (χ2n) is 8.64. The Bertz CT molecular complexity index is 1350. The molecule has 2 aromatic heterocycles. The molecule has 172 valence electrons. The van der Waals surface area contributed by atoms with E-state index in [0.717, 1.165) is 18.4 Å². The smallest absolute Gasteiger partial charge is 0.337 e. The lowest BCUT2D eigenvalue weighted by atomic mass is 10.1. The number of aryl methyl sites for hydroxylation is 1. The van der Waals surface area contributed by atoms with Crippen LogP contribution in [0.25, 0.3) is 33.5 Å². The summed E-state index contributed by atoms with van der Waals surface area (Å²) in [7, 11) is 1.77. The maximum atomic E-state index is 13.4. The van der Waals surface area contributed by atoms with Gasteiger partial charge in [0.2, 0.25) is 0 Å². The van der Waals surface area contributed by atoms with Gasteiger partial charge in [-0.05, 0) is 43.2 Å². The van der Waals surface area contributed by atoms with Crippen molar-refractivity contribution in [2.45, 2.75) is 31.6 Å². The zero-order valence-electron chi connectivity index (χ0n) is 18.1. The molecular formula is C24H24F3N5O. The summed E-state index contributed by atoms with van der Waals surface area (Å²) in [6.45, 7) is 0.0650. The van der Waals surface area contributed by atoms with E-state index in [1.807, 2.05) is 0 Å². The molecule has 0 saturated carbocycles. The SMILES string of the molecule is Cn1c(-c2cc3ccccc3n2CC(F)(F)F)nc2cc(C(=O)N3CCC[C@@H](N)C3)ccc21. The molecule has 0 radical (unpaired) electrons. The monoisotopic (exact) mass is 455 g/mol. The summed E-state index contributed by atoms with van der Waals surface area (Å²) in [4.78, 5) is 19.4. The van der Waals surface area contributed by atoms with Gasteiger partial charge in [0.25, 0.3) is 5.91 Å². The second-order valence-corrected chi connectivity index (χ2v) is 8.64. The fourth-order valence-corrected chi connectivity index (χ4v) is 4.68. The largest absolute Gasteiger partial charge is 0.406 e. The maximum Gasteiger partial charge on any atom is 0.406 e. The topological polar surface area (TPSA) is 69.1 Å². The number of nitrogens with zero attached hydrogens (tertiary/aromatic N) is 4. The molecule has 0 unspecified atom stereocenters. The number of hydrogen-bond donors (Lipinski definition) is 1. The molecule has 1 saturated heterocycles. The Morgan fingerprint density at radius 2 is 1.94 bits per heavy atom. The first-order valence-corrected chi connectivity index (χ1v) is 10.9. The highest BCUT2D eigenvalue weighted by atomic mass is 19.4. The molecule has 0 aliphatic carbocycles. The molecular weight excluding hydrogens is 431 g/mol. The zero-order valence-corrected chi connectivity index (χ0v) is 18.1. The highest BCUT2D eigenvalue weighted by Gasteiger charge is 2.31. The minimum atomic E-state index is -4.38. The van der Waals surface area contributed by atoms with E-state index < -0.39 is 12.7 Å². The predicted molar refractivity (Wildman–Crippen MR) is 121 cm³/mol. The number of likely N-dealkylation sites (tertiary alicyclic amines) is 1. The number of hydrogen-bond acceptors (Lipinski definition) is 3. The van der Waals surface area contributed by atoms with Crippen molar-refractivity contribution in [3.63, 3.8) is 0 Å². The van der Waals surface area contributed by atoms with Crippen molar-refractivity contribution in [1.29, 1.82) is 0 Å². The highest BCUT2D eigenvalue weighted by molar-refractivity contribution is 5.98. The van der Waals surface area contributed by atoms with E-state index in [9.17, 15) is 18.0 Å². The number of benzene rings is 2. The fourth-order valence-electron chi connectivity index (χ4n) is 4.68. The van der Waals surface area contributed by atoms with Crippen LogP contribution in [-0.2, 0) is 13.6 Å². The van der Waals surface area contributed by atoms with Crippen molar-refractivity contribution in [3.05, 3.63) is 54.1 Å². The predicted octanol–water partition coefficient (Wildman–Crippen LogP) is 4.32. The number of halogens is 3. The first kappa shape index (κ1) is 21.5. The van der Waals surface area contributed by atoms with E-state index in [-0.39, 0.29) is 11.9 Å². The third-order valence-corrected chi connectivity index (χ3v) is 6.25. The minimum Gasteiger partial charge on any atom is -0.337 e. The van der Waals surface area contributed by atoms with Gasteiger partial charge in [0, 0.05) is 42.6 Å². The lowest BCUT2D eigenvalue weighted by Crippen LogP contribution is -2.45. The number of imidazole rings is 1. The number of nitrogens with two attached hydrogens (primary N) is 1. The normalized spacial score (nSPS) is 17.2. The van der Waals surface area contributed by atoms with E-state index in [1.165, 1.54) is 4.57 Å². The number of carbonyl (C=O) groups is 1. The van der Waals surface area contributed by atoms with Gasteiger partial charge in [-0.15, -0.1) is 0 Å². The van der Waals surface area contributed by atoms with Crippen LogP contribution in [0.3, 0.4) is 0 Å². The summed E-state index contributed by atoms with van der Waals surface area (Å²) in [5.74, 6) is 0.306. The van der Waals surface area contributed by atoms with E-state index >= 15 is 0 Å². The Labute approximate surface area is 188 Å². The number of para-hydroxylation sites is 1. The molecule has 5 rings (SSSR count). The average Bonchev–Trinajstić information content (AvgIpc) is 3.29. The molecule has 3 heterocycles. The molecule has 1 aliphatic rings. The number of aromatic nitrogens is 3. The third-order valence-electron chi connectivity index (χ3n) is 6.25. The molecule has 6 nitrogen and oxygen atoms in total. The Morgan fingerprint density at radius 3 is 2.70 bits per heavy atom. The molecule has 1 aliphatic heterocycles. The van der Waals surface area contributed by atoms with Crippen molar-refractivity contribution >= 4 is 27.8 Å². The van der Waals surface area contributed by atoms with E-state index in [0.29, 0.717) is 46.6 Å². The van der Waals surface area contributed by atoms with Crippen LogP contribution in [0.5, 0.6) is 0 Å². The van der Waals surface area contributed by atoms with E-state index in [4.69, 9.17) is 5.73 Å². The van der Waals surface area contributed by atoms with E-state index in [1.54, 1.807) is 65.0 Å². The van der Waals surface area contributed by atoms with Gasteiger partial charge in [-0.25, -0.2) is 4.98 Å². The van der Waals surface area contributed by atoms with Crippen LogP contribution in [0.2, 0.25) is 0 Å². The van der Waals surface area contributed by atoms with Gasteiger partial charge in [0.1, 0.15) is 6.54 Å². The Morgan fingerprint density at radius 1 is 1.15 bits per heavy atom.